The Morgan fingerprint density at radius 2 is 2.33 bits per heavy atom. The van der Waals surface area contributed by atoms with E-state index in [-0.39, 0.29) is 5.91 Å². The number of aryl methyl sites for hydroxylation is 1. The molecule has 0 bridgehead atoms. The number of aromatic nitrogens is 2. The summed E-state index contributed by atoms with van der Waals surface area (Å²) in [6.45, 7) is 5.11. The van der Waals surface area contributed by atoms with Crippen molar-refractivity contribution in [3.63, 3.8) is 0 Å². The molecule has 0 radical (unpaired) electrons. The third-order valence-corrected chi connectivity index (χ3v) is 4.93. The molecule has 3 rings (SSSR count). The van der Waals surface area contributed by atoms with E-state index in [9.17, 15) is 4.79 Å². The van der Waals surface area contributed by atoms with E-state index in [2.05, 4.69) is 35.9 Å². The molecule has 0 spiro atoms. The molecule has 1 atom stereocenters. The summed E-state index contributed by atoms with van der Waals surface area (Å²) in [4.78, 5) is 22.1. The average Bonchev–Trinajstić information content (AvgIpc) is 2.87. The summed E-state index contributed by atoms with van der Waals surface area (Å²) in [7, 11) is 0. The Morgan fingerprint density at radius 3 is 3.14 bits per heavy atom. The molecule has 1 saturated heterocycles. The van der Waals surface area contributed by atoms with Crippen LogP contribution in [0.1, 0.15) is 31.7 Å². The molecule has 4 nitrogen and oxygen atoms in total. The Bertz CT molecular complexity index is 652. The van der Waals surface area contributed by atoms with Crippen molar-refractivity contribution in [2.45, 2.75) is 44.3 Å². The summed E-state index contributed by atoms with van der Waals surface area (Å²) in [6, 6.07) is 6.53. The van der Waals surface area contributed by atoms with Crippen molar-refractivity contribution in [1.29, 1.82) is 0 Å². The van der Waals surface area contributed by atoms with E-state index >= 15 is 0 Å². The maximum atomic E-state index is 12.3. The zero-order valence-electron chi connectivity index (χ0n) is 12.6. The number of fused-ring (bicyclic) bond motifs is 1. The number of carbonyl (C=O) groups is 1. The Balaban J connectivity index is 1.64. The van der Waals surface area contributed by atoms with Crippen LogP contribution in [0.5, 0.6) is 0 Å². The number of piperidine rings is 1. The molecular formula is C16H21N3OS. The van der Waals surface area contributed by atoms with E-state index in [1.165, 1.54) is 23.7 Å². The third-order valence-electron chi connectivity index (χ3n) is 4.07. The highest BCUT2D eigenvalue weighted by molar-refractivity contribution is 7.99. The second-order valence-corrected chi connectivity index (χ2v) is 6.75. The first-order valence-electron chi connectivity index (χ1n) is 7.52. The number of thioether (sulfide) groups is 1. The molecule has 5 heteroatoms. The van der Waals surface area contributed by atoms with Gasteiger partial charge in [0.05, 0.1) is 16.8 Å². The summed E-state index contributed by atoms with van der Waals surface area (Å²) < 4.78 is 0. The summed E-state index contributed by atoms with van der Waals surface area (Å²) in [5, 5.41) is 0.827. The summed E-state index contributed by atoms with van der Waals surface area (Å²) in [5.74, 6) is 0.687. The molecule has 0 aliphatic carbocycles. The molecule has 1 aliphatic heterocycles. The number of benzene rings is 1. The van der Waals surface area contributed by atoms with Gasteiger partial charge in [-0.1, -0.05) is 17.8 Å². The SMILES string of the molecule is Cc1ccc2nc(SCC(=O)N3CCCC[C@@H]3C)[nH]c2c1. The van der Waals surface area contributed by atoms with Gasteiger partial charge in [0.1, 0.15) is 0 Å². The highest BCUT2D eigenvalue weighted by Gasteiger charge is 2.23. The standard InChI is InChI=1S/C16H21N3OS/c1-11-6-7-13-14(9-11)18-16(17-13)21-10-15(20)19-8-4-3-5-12(19)2/h6-7,9,12H,3-5,8,10H2,1-2H3,(H,17,18)/t12-/m0/s1. The minimum atomic E-state index is 0.226. The normalized spacial score (nSPS) is 19.1. The van der Waals surface area contributed by atoms with Crippen molar-refractivity contribution in [2.75, 3.05) is 12.3 Å². The predicted octanol–water partition coefficient (Wildman–Crippen LogP) is 3.36. The number of rotatable bonds is 3. The minimum absolute atomic E-state index is 0.226. The van der Waals surface area contributed by atoms with Gasteiger partial charge in [0.15, 0.2) is 5.16 Å². The lowest BCUT2D eigenvalue weighted by molar-refractivity contribution is -0.131. The molecule has 2 heterocycles. The van der Waals surface area contributed by atoms with Crippen LogP contribution in [-0.4, -0.2) is 39.1 Å². The second kappa shape index (κ2) is 6.10. The molecule has 1 aromatic carbocycles. The maximum Gasteiger partial charge on any atom is 0.233 e. The molecular weight excluding hydrogens is 282 g/mol. The Kier molecular flexibility index (Phi) is 4.19. The van der Waals surface area contributed by atoms with Gasteiger partial charge in [-0.2, -0.15) is 0 Å². The van der Waals surface area contributed by atoms with Crippen LogP contribution in [0.25, 0.3) is 11.0 Å². The van der Waals surface area contributed by atoms with Crippen LogP contribution >= 0.6 is 11.8 Å². The first-order chi connectivity index (χ1) is 10.1. The number of hydrogen-bond donors (Lipinski definition) is 1. The summed E-state index contributed by atoms with van der Waals surface area (Å²) in [5.41, 5.74) is 3.21. The van der Waals surface area contributed by atoms with Gasteiger partial charge in [-0.15, -0.1) is 0 Å². The highest BCUT2D eigenvalue weighted by Crippen LogP contribution is 2.22. The molecule has 21 heavy (non-hydrogen) atoms. The van der Waals surface area contributed by atoms with Crippen molar-refractivity contribution in [3.05, 3.63) is 23.8 Å². The van der Waals surface area contributed by atoms with Gasteiger partial charge in [-0.05, 0) is 50.8 Å². The number of nitrogens with zero attached hydrogens (tertiary/aromatic N) is 2. The Hall–Kier alpha value is -1.49. The van der Waals surface area contributed by atoms with Crippen molar-refractivity contribution in [3.8, 4) is 0 Å². The smallest absolute Gasteiger partial charge is 0.233 e. The highest BCUT2D eigenvalue weighted by atomic mass is 32.2. The monoisotopic (exact) mass is 303 g/mol. The van der Waals surface area contributed by atoms with E-state index in [0.29, 0.717) is 11.8 Å². The van der Waals surface area contributed by atoms with E-state index in [1.54, 1.807) is 0 Å². The van der Waals surface area contributed by atoms with Crippen LogP contribution < -0.4 is 0 Å². The van der Waals surface area contributed by atoms with Crippen LogP contribution in [0.3, 0.4) is 0 Å². The zero-order chi connectivity index (χ0) is 14.8. The lowest BCUT2D eigenvalue weighted by Gasteiger charge is -2.33. The quantitative estimate of drug-likeness (QED) is 0.885. The number of amides is 1. The second-order valence-electron chi connectivity index (χ2n) is 5.78. The first-order valence-corrected chi connectivity index (χ1v) is 8.50. The number of H-pyrrole nitrogens is 1. The molecule has 1 N–H and O–H groups in total. The number of aromatic amines is 1. The Morgan fingerprint density at radius 1 is 1.48 bits per heavy atom. The molecule has 1 amide bonds. The van der Waals surface area contributed by atoms with Crippen LogP contribution in [0, 0.1) is 6.92 Å². The average molecular weight is 303 g/mol. The number of carbonyl (C=O) groups excluding carboxylic acids is 1. The minimum Gasteiger partial charge on any atom is -0.339 e. The van der Waals surface area contributed by atoms with Gasteiger partial charge in [-0.25, -0.2) is 4.98 Å². The number of nitrogens with one attached hydrogen (secondary N) is 1. The fraction of sp³-hybridized carbons (Fsp3) is 0.500. The zero-order valence-corrected chi connectivity index (χ0v) is 13.4. The van der Waals surface area contributed by atoms with Gasteiger partial charge < -0.3 is 9.88 Å². The van der Waals surface area contributed by atoms with Crippen LogP contribution in [-0.2, 0) is 4.79 Å². The molecule has 2 aromatic rings. The predicted molar refractivity (Wildman–Crippen MR) is 86.6 cm³/mol. The van der Waals surface area contributed by atoms with Gasteiger partial charge >= 0.3 is 0 Å². The van der Waals surface area contributed by atoms with Crippen LogP contribution in [0.15, 0.2) is 23.4 Å². The van der Waals surface area contributed by atoms with Crippen molar-refractivity contribution < 1.29 is 4.79 Å². The molecule has 1 aromatic heterocycles. The molecule has 0 unspecified atom stereocenters. The molecule has 112 valence electrons. The van der Waals surface area contributed by atoms with Gasteiger partial charge in [0, 0.05) is 12.6 Å². The van der Waals surface area contributed by atoms with Crippen molar-refractivity contribution in [1.82, 2.24) is 14.9 Å². The van der Waals surface area contributed by atoms with Crippen molar-refractivity contribution >= 4 is 28.7 Å². The van der Waals surface area contributed by atoms with E-state index in [0.717, 1.165) is 35.6 Å². The summed E-state index contributed by atoms with van der Waals surface area (Å²) in [6.07, 6.45) is 3.49. The van der Waals surface area contributed by atoms with Gasteiger partial charge in [0.25, 0.3) is 0 Å². The largest absolute Gasteiger partial charge is 0.339 e. The fourth-order valence-corrected chi connectivity index (χ4v) is 3.62. The maximum absolute atomic E-state index is 12.3. The third kappa shape index (κ3) is 3.23. The molecule has 0 saturated carbocycles. The topological polar surface area (TPSA) is 49.0 Å². The van der Waals surface area contributed by atoms with Gasteiger partial charge in [0.2, 0.25) is 5.91 Å². The Labute approximate surface area is 129 Å². The molecule has 1 fully saturated rings. The number of imidazole rings is 1. The van der Waals surface area contributed by atoms with Crippen molar-refractivity contribution in [2.24, 2.45) is 0 Å². The van der Waals surface area contributed by atoms with E-state index in [1.807, 2.05) is 11.0 Å². The first kappa shape index (κ1) is 14.4. The van der Waals surface area contributed by atoms with Crippen LogP contribution in [0.2, 0.25) is 0 Å². The number of hydrogen-bond acceptors (Lipinski definition) is 3. The lowest BCUT2D eigenvalue weighted by atomic mass is 10.0. The number of likely N-dealkylation sites (tertiary alicyclic amines) is 1. The molecule has 1 aliphatic rings. The van der Waals surface area contributed by atoms with E-state index < -0.39 is 0 Å². The van der Waals surface area contributed by atoms with E-state index in [4.69, 9.17) is 0 Å². The van der Waals surface area contributed by atoms with Gasteiger partial charge in [-0.3, -0.25) is 4.79 Å². The summed E-state index contributed by atoms with van der Waals surface area (Å²) >= 11 is 1.50. The fourth-order valence-electron chi connectivity index (χ4n) is 2.85. The van der Waals surface area contributed by atoms with Crippen LogP contribution in [0.4, 0.5) is 0 Å². The lowest BCUT2D eigenvalue weighted by Crippen LogP contribution is -2.42.